The summed E-state index contributed by atoms with van der Waals surface area (Å²) in [5.74, 6) is -0.363. The number of anilines is 1. The molecule has 0 saturated carbocycles. The standard InChI is InChI=1S/C18H13BrN2O3S/c19-14-7-9-15(10-8-14)21-18(22)13-6-11-17(20-12-13)25(23,24)16-4-2-1-3-5-16/h1-12H,(H,21,22). The summed E-state index contributed by atoms with van der Waals surface area (Å²) in [5, 5.41) is 2.63. The Morgan fingerprint density at radius 2 is 1.60 bits per heavy atom. The van der Waals surface area contributed by atoms with Crippen LogP contribution in [0.2, 0.25) is 0 Å². The highest BCUT2D eigenvalue weighted by atomic mass is 79.9. The molecule has 5 nitrogen and oxygen atoms in total. The van der Waals surface area contributed by atoms with E-state index in [1.807, 2.05) is 12.1 Å². The number of rotatable bonds is 4. The van der Waals surface area contributed by atoms with Gasteiger partial charge in [-0.25, -0.2) is 13.4 Å². The van der Waals surface area contributed by atoms with Crippen molar-refractivity contribution in [3.8, 4) is 0 Å². The molecule has 1 aromatic heterocycles. The van der Waals surface area contributed by atoms with Crippen molar-refractivity contribution in [3.05, 3.63) is 83.0 Å². The van der Waals surface area contributed by atoms with Crippen LogP contribution in [0.1, 0.15) is 10.4 Å². The predicted molar refractivity (Wildman–Crippen MR) is 98.2 cm³/mol. The van der Waals surface area contributed by atoms with Gasteiger partial charge in [0.05, 0.1) is 10.5 Å². The Hall–Kier alpha value is -2.51. The molecule has 0 aliphatic heterocycles. The first-order valence-electron chi connectivity index (χ1n) is 7.30. The van der Waals surface area contributed by atoms with Crippen molar-refractivity contribution in [2.75, 3.05) is 5.32 Å². The van der Waals surface area contributed by atoms with Gasteiger partial charge in [-0.05, 0) is 48.5 Å². The Bertz CT molecular complexity index is 987. The summed E-state index contributed by atoms with van der Waals surface area (Å²) in [6.45, 7) is 0. The normalized spacial score (nSPS) is 11.1. The number of amides is 1. The molecule has 0 radical (unpaired) electrons. The summed E-state index contributed by atoms with van der Waals surface area (Å²) in [7, 11) is -3.69. The van der Waals surface area contributed by atoms with Crippen LogP contribution in [-0.4, -0.2) is 19.3 Å². The SMILES string of the molecule is O=C(Nc1ccc(Br)cc1)c1ccc(S(=O)(=O)c2ccccc2)nc1. The van der Waals surface area contributed by atoms with E-state index in [-0.39, 0.29) is 21.4 Å². The molecule has 0 aliphatic carbocycles. The van der Waals surface area contributed by atoms with Crippen LogP contribution in [0.25, 0.3) is 0 Å². The number of carbonyl (C=O) groups excluding carboxylic acids is 1. The monoisotopic (exact) mass is 416 g/mol. The number of hydrogen-bond donors (Lipinski definition) is 1. The number of pyridine rings is 1. The van der Waals surface area contributed by atoms with Crippen LogP contribution in [0.15, 0.2) is 87.3 Å². The number of aromatic nitrogens is 1. The first-order chi connectivity index (χ1) is 12.0. The number of benzene rings is 2. The molecular weight excluding hydrogens is 404 g/mol. The van der Waals surface area contributed by atoms with E-state index < -0.39 is 9.84 Å². The van der Waals surface area contributed by atoms with Gasteiger partial charge in [0.2, 0.25) is 9.84 Å². The van der Waals surface area contributed by atoms with Gasteiger partial charge in [0.15, 0.2) is 5.03 Å². The van der Waals surface area contributed by atoms with Crippen molar-refractivity contribution in [1.82, 2.24) is 4.98 Å². The van der Waals surface area contributed by atoms with E-state index in [0.29, 0.717) is 5.69 Å². The lowest BCUT2D eigenvalue weighted by Crippen LogP contribution is -2.13. The number of carbonyl (C=O) groups is 1. The topological polar surface area (TPSA) is 76.1 Å². The lowest BCUT2D eigenvalue weighted by atomic mass is 10.2. The lowest BCUT2D eigenvalue weighted by molar-refractivity contribution is 0.102. The highest BCUT2D eigenvalue weighted by Gasteiger charge is 2.19. The highest BCUT2D eigenvalue weighted by Crippen LogP contribution is 2.19. The fraction of sp³-hybridized carbons (Fsp3) is 0. The van der Waals surface area contributed by atoms with Gasteiger partial charge >= 0.3 is 0 Å². The molecule has 3 rings (SSSR count). The smallest absolute Gasteiger partial charge is 0.257 e. The van der Waals surface area contributed by atoms with Crippen molar-refractivity contribution in [3.63, 3.8) is 0 Å². The zero-order chi connectivity index (χ0) is 17.9. The Kier molecular flexibility index (Phi) is 4.96. The molecule has 0 saturated heterocycles. The first-order valence-corrected chi connectivity index (χ1v) is 9.57. The minimum Gasteiger partial charge on any atom is -0.322 e. The summed E-state index contributed by atoms with van der Waals surface area (Å²) in [5.41, 5.74) is 0.907. The van der Waals surface area contributed by atoms with Gasteiger partial charge in [-0.1, -0.05) is 34.1 Å². The number of hydrogen-bond acceptors (Lipinski definition) is 4. The average molecular weight is 417 g/mol. The van der Waals surface area contributed by atoms with Gasteiger partial charge in [-0.15, -0.1) is 0 Å². The van der Waals surface area contributed by atoms with Gasteiger partial charge < -0.3 is 5.32 Å². The highest BCUT2D eigenvalue weighted by molar-refractivity contribution is 9.10. The van der Waals surface area contributed by atoms with E-state index in [9.17, 15) is 13.2 Å². The third kappa shape index (κ3) is 3.94. The third-order valence-corrected chi connectivity index (χ3v) is 5.64. The van der Waals surface area contributed by atoms with E-state index in [4.69, 9.17) is 0 Å². The van der Waals surface area contributed by atoms with Gasteiger partial charge in [-0.3, -0.25) is 4.79 Å². The molecule has 1 amide bonds. The molecule has 0 spiro atoms. The minimum atomic E-state index is -3.69. The zero-order valence-electron chi connectivity index (χ0n) is 12.9. The molecule has 0 unspecified atom stereocenters. The minimum absolute atomic E-state index is 0.0982. The van der Waals surface area contributed by atoms with Gasteiger partial charge in [0.1, 0.15) is 0 Å². The molecule has 0 bridgehead atoms. The zero-order valence-corrected chi connectivity index (χ0v) is 15.3. The van der Waals surface area contributed by atoms with Crippen LogP contribution < -0.4 is 5.32 Å². The summed E-state index contributed by atoms with van der Waals surface area (Å²) in [6, 6.07) is 17.9. The first kappa shape index (κ1) is 17.3. The Morgan fingerprint density at radius 3 is 2.20 bits per heavy atom. The molecule has 2 aromatic carbocycles. The van der Waals surface area contributed by atoms with E-state index in [2.05, 4.69) is 26.2 Å². The number of nitrogens with one attached hydrogen (secondary N) is 1. The molecule has 25 heavy (non-hydrogen) atoms. The van der Waals surface area contributed by atoms with Gasteiger partial charge in [-0.2, -0.15) is 0 Å². The van der Waals surface area contributed by atoms with Crippen molar-refractivity contribution in [1.29, 1.82) is 0 Å². The van der Waals surface area contributed by atoms with E-state index in [0.717, 1.165) is 4.47 Å². The average Bonchev–Trinajstić information content (AvgIpc) is 2.64. The molecule has 0 fully saturated rings. The summed E-state index contributed by atoms with van der Waals surface area (Å²) in [4.78, 5) is 16.3. The van der Waals surface area contributed by atoms with Gasteiger partial charge in [0.25, 0.3) is 5.91 Å². The number of nitrogens with zero attached hydrogens (tertiary/aromatic N) is 1. The third-order valence-electron chi connectivity index (χ3n) is 3.43. The fourth-order valence-corrected chi connectivity index (χ4v) is 3.59. The molecule has 0 aliphatic rings. The summed E-state index contributed by atoms with van der Waals surface area (Å²) >= 11 is 3.32. The fourth-order valence-electron chi connectivity index (χ4n) is 2.13. The number of halogens is 1. The van der Waals surface area contributed by atoms with Crippen LogP contribution >= 0.6 is 15.9 Å². The van der Waals surface area contributed by atoms with Crippen molar-refractivity contribution in [2.45, 2.75) is 9.92 Å². The van der Waals surface area contributed by atoms with Gasteiger partial charge in [0, 0.05) is 16.4 Å². The summed E-state index contributed by atoms with van der Waals surface area (Å²) in [6.07, 6.45) is 1.25. The second kappa shape index (κ2) is 7.16. The second-order valence-electron chi connectivity index (χ2n) is 5.16. The Morgan fingerprint density at radius 1 is 0.920 bits per heavy atom. The van der Waals surface area contributed by atoms with E-state index in [1.54, 1.807) is 30.3 Å². The molecule has 0 atom stereocenters. The molecule has 126 valence electrons. The van der Waals surface area contributed by atoms with Crippen LogP contribution in [0.5, 0.6) is 0 Å². The van der Waals surface area contributed by atoms with Crippen molar-refractivity contribution in [2.24, 2.45) is 0 Å². The largest absolute Gasteiger partial charge is 0.322 e. The van der Waals surface area contributed by atoms with Crippen LogP contribution in [0.3, 0.4) is 0 Å². The quantitative estimate of drug-likeness (QED) is 0.698. The maximum Gasteiger partial charge on any atom is 0.257 e. The van der Waals surface area contributed by atoms with Crippen LogP contribution in [0.4, 0.5) is 5.69 Å². The van der Waals surface area contributed by atoms with E-state index in [1.165, 1.54) is 30.5 Å². The maximum atomic E-state index is 12.5. The Balaban J connectivity index is 1.80. The van der Waals surface area contributed by atoms with Crippen molar-refractivity contribution < 1.29 is 13.2 Å². The van der Waals surface area contributed by atoms with Crippen molar-refractivity contribution >= 4 is 37.4 Å². The number of sulfone groups is 1. The van der Waals surface area contributed by atoms with Crippen LogP contribution in [0, 0.1) is 0 Å². The molecular formula is C18H13BrN2O3S. The molecule has 1 N–H and O–H groups in total. The predicted octanol–water partition coefficient (Wildman–Crippen LogP) is 3.93. The van der Waals surface area contributed by atoms with E-state index >= 15 is 0 Å². The molecule has 1 heterocycles. The lowest BCUT2D eigenvalue weighted by Gasteiger charge is -2.07. The molecule has 7 heteroatoms. The Labute approximate surface area is 153 Å². The second-order valence-corrected chi connectivity index (χ2v) is 7.97. The van der Waals surface area contributed by atoms with Crippen LogP contribution in [-0.2, 0) is 9.84 Å². The summed E-state index contributed by atoms with van der Waals surface area (Å²) < 4.78 is 25.8. The maximum absolute atomic E-state index is 12.5. The molecule has 3 aromatic rings.